The maximum Gasteiger partial charge on any atom is 0.223 e. The summed E-state index contributed by atoms with van der Waals surface area (Å²) >= 11 is 0. The fourth-order valence-corrected chi connectivity index (χ4v) is 3.36. The monoisotopic (exact) mass is 317 g/mol. The van der Waals surface area contributed by atoms with Crippen molar-refractivity contribution in [2.45, 2.75) is 12.5 Å². The number of hydrogen-bond donors (Lipinski definition) is 0. The molecule has 3 atom stereocenters. The van der Waals surface area contributed by atoms with Crippen LogP contribution in [0.3, 0.4) is 0 Å². The molecular weight excluding hydrogens is 302 g/mol. The van der Waals surface area contributed by atoms with Crippen molar-refractivity contribution in [3.05, 3.63) is 83.9 Å². The molecule has 24 heavy (non-hydrogen) atoms. The fraction of sp³-hybridized carbons (Fsp3) is 0.158. The molecule has 0 bridgehead atoms. The first-order valence-corrected chi connectivity index (χ1v) is 7.97. The highest BCUT2D eigenvalue weighted by atomic mass is 16.7. The van der Waals surface area contributed by atoms with Gasteiger partial charge in [0.15, 0.2) is 5.84 Å². The van der Waals surface area contributed by atoms with Crippen molar-refractivity contribution in [3.8, 4) is 0 Å². The Kier molecular flexibility index (Phi) is 2.91. The number of oxime groups is 2. The van der Waals surface area contributed by atoms with Crippen LogP contribution < -0.4 is 0 Å². The van der Waals surface area contributed by atoms with Crippen LogP contribution in [0.5, 0.6) is 0 Å². The molecule has 3 aliphatic heterocycles. The number of rotatable bonds is 2. The van der Waals surface area contributed by atoms with Crippen LogP contribution in [0.25, 0.3) is 0 Å². The van der Waals surface area contributed by atoms with Crippen LogP contribution in [0.2, 0.25) is 0 Å². The summed E-state index contributed by atoms with van der Waals surface area (Å²) in [6.45, 7) is 0. The zero-order valence-corrected chi connectivity index (χ0v) is 12.8. The van der Waals surface area contributed by atoms with Crippen molar-refractivity contribution in [1.29, 1.82) is 0 Å². The zero-order chi connectivity index (χ0) is 15.9. The van der Waals surface area contributed by atoms with Gasteiger partial charge in [0.2, 0.25) is 12.5 Å². The number of fused-ring (bicyclic) bond motifs is 3. The third kappa shape index (κ3) is 1.94. The first kappa shape index (κ1) is 13.4. The molecule has 3 unspecified atom stereocenters. The minimum atomic E-state index is -0.244. The molecular formula is C19H15N3O2. The summed E-state index contributed by atoms with van der Waals surface area (Å²) in [5.74, 6) is 0.837. The van der Waals surface area contributed by atoms with Gasteiger partial charge < -0.3 is 9.68 Å². The Morgan fingerprint density at radius 3 is 2.21 bits per heavy atom. The van der Waals surface area contributed by atoms with Gasteiger partial charge in [0.1, 0.15) is 0 Å². The molecule has 0 amide bonds. The van der Waals surface area contributed by atoms with Gasteiger partial charge in [-0.2, -0.15) is 0 Å². The molecule has 0 N–H and O–H groups in total. The van der Waals surface area contributed by atoms with Crippen molar-refractivity contribution in [2.75, 3.05) is 0 Å². The Hall–Kier alpha value is -3.08. The van der Waals surface area contributed by atoms with Gasteiger partial charge in [-0.1, -0.05) is 77.1 Å². The Labute approximate surface area is 139 Å². The van der Waals surface area contributed by atoms with Gasteiger partial charge in [0, 0.05) is 11.1 Å². The SMILES string of the molecule is C1=CC2ON=C(c3ccccc3)N2C2ON=C(c3ccccc3)C12. The average Bonchev–Trinajstić information content (AvgIpc) is 3.27. The lowest BCUT2D eigenvalue weighted by Gasteiger charge is -2.33. The quantitative estimate of drug-likeness (QED) is 0.800. The molecule has 0 saturated heterocycles. The maximum atomic E-state index is 5.79. The van der Waals surface area contributed by atoms with Crippen LogP contribution in [0.15, 0.2) is 83.1 Å². The van der Waals surface area contributed by atoms with E-state index in [4.69, 9.17) is 9.68 Å². The molecule has 118 valence electrons. The third-order valence-electron chi connectivity index (χ3n) is 4.51. The van der Waals surface area contributed by atoms with E-state index in [0.29, 0.717) is 0 Å². The highest BCUT2D eigenvalue weighted by molar-refractivity contribution is 6.05. The standard InChI is InChI=1S/C19H15N3O2/c1-3-7-13(8-4-1)17-15-11-12-16-22(19(15)24-20-17)18(21-23-16)14-9-5-2-6-10-14/h1-12,15-16,19H. The Bertz CT molecular complexity index is 845. The number of hydrogen-bond acceptors (Lipinski definition) is 5. The lowest BCUT2D eigenvalue weighted by molar-refractivity contribution is -0.0795. The largest absolute Gasteiger partial charge is 0.369 e. The van der Waals surface area contributed by atoms with E-state index in [1.165, 1.54) is 0 Å². The Morgan fingerprint density at radius 1 is 0.750 bits per heavy atom. The summed E-state index contributed by atoms with van der Waals surface area (Å²) in [7, 11) is 0. The predicted molar refractivity (Wildman–Crippen MR) is 90.2 cm³/mol. The molecule has 5 heteroatoms. The molecule has 3 heterocycles. The number of benzene rings is 2. The molecule has 5 nitrogen and oxygen atoms in total. The molecule has 0 saturated carbocycles. The summed E-state index contributed by atoms with van der Waals surface area (Å²) < 4.78 is 0. The van der Waals surface area contributed by atoms with Crippen LogP contribution in [0.1, 0.15) is 11.1 Å². The van der Waals surface area contributed by atoms with E-state index in [1.54, 1.807) is 0 Å². The molecule has 0 aromatic heterocycles. The summed E-state index contributed by atoms with van der Waals surface area (Å²) in [4.78, 5) is 13.4. The molecule has 2 aromatic carbocycles. The maximum absolute atomic E-state index is 5.79. The zero-order valence-electron chi connectivity index (χ0n) is 12.8. The van der Waals surface area contributed by atoms with Crippen LogP contribution >= 0.6 is 0 Å². The Morgan fingerprint density at radius 2 is 1.46 bits per heavy atom. The lowest BCUT2D eigenvalue weighted by Crippen LogP contribution is -2.49. The normalized spacial score (nSPS) is 26.8. The second-order valence-electron chi connectivity index (χ2n) is 5.93. The Balaban J connectivity index is 1.50. The van der Waals surface area contributed by atoms with Gasteiger partial charge in [-0.05, 0) is 6.08 Å². The van der Waals surface area contributed by atoms with Crippen LogP contribution in [0.4, 0.5) is 0 Å². The van der Waals surface area contributed by atoms with E-state index < -0.39 is 0 Å². The summed E-state index contributed by atoms with van der Waals surface area (Å²) in [6, 6.07) is 20.1. The number of amidine groups is 1. The van der Waals surface area contributed by atoms with E-state index in [-0.39, 0.29) is 18.4 Å². The first-order chi connectivity index (χ1) is 11.9. The molecule has 5 rings (SSSR count). The summed E-state index contributed by atoms with van der Waals surface area (Å²) in [5, 5.41) is 8.62. The fourth-order valence-electron chi connectivity index (χ4n) is 3.36. The van der Waals surface area contributed by atoms with E-state index in [1.807, 2.05) is 54.6 Å². The molecule has 0 spiro atoms. The summed E-state index contributed by atoms with van der Waals surface area (Å²) in [5.41, 5.74) is 3.02. The molecule has 2 aromatic rings. The first-order valence-electron chi connectivity index (χ1n) is 7.97. The van der Waals surface area contributed by atoms with Crippen molar-refractivity contribution in [3.63, 3.8) is 0 Å². The van der Waals surface area contributed by atoms with E-state index in [2.05, 4.69) is 33.4 Å². The van der Waals surface area contributed by atoms with Crippen molar-refractivity contribution in [1.82, 2.24) is 4.90 Å². The highest BCUT2D eigenvalue weighted by Crippen LogP contribution is 2.35. The van der Waals surface area contributed by atoms with Gasteiger partial charge in [0.05, 0.1) is 11.6 Å². The minimum Gasteiger partial charge on any atom is -0.369 e. The predicted octanol–water partition coefficient (Wildman–Crippen LogP) is 2.95. The molecule has 0 aliphatic carbocycles. The van der Waals surface area contributed by atoms with Gasteiger partial charge in [-0.3, -0.25) is 4.90 Å². The average molecular weight is 317 g/mol. The topological polar surface area (TPSA) is 46.4 Å². The van der Waals surface area contributed by atoms with E-state index in [0.717, 1.165) is 22.7 Å². The molecule has 3 aliphatic rings. The second-order valence-corrected chi connectivity index (χ2v) is 5.93. The van der Waals surface area contributed by atoms with Crippen LogP contribution in [0, 0.1) is 5.92 Å². The molecule has 0 fully saturated rings. The van der Waals surface area contributed by atoms with E-state index >= 15 is 0 Å². The van der Waals surface area contributed by atoms with Gasteiger partial charge in [-0.15, -0.1) is 0 Å². The van der Waals surface area contributed by atoms with Crippen LogP contribution in [-0.4, -0.2) is 28.9 Å². The highest BCUT2D eigenvalue weighted by Gasteiger charge is 2.47. The lowest BCUT2D eigenvalue weighted by atomic mass is 9.92. The molecule has 0 radical (unpaired) electrons. The minimum absolute atomic E-state index is 0.0549. The summed E-state index contributed by atoms with van der Waals surface area (Å²) in [6.07, 6.45) is 3.64. The van der Waals surface area contributed by atoms with Gasteiger partial charge in [-0.25, -0.2) is 0 Å². The smallest absolute Gasteiger partial charge is 0.223 e. The third-order valence-corrected chi connectivity index (χ3v) is 4.51. The van der Waals surface area contributed by atoms with E-state index in [9.17, 15) is 0 Å². The second kappa shape index (κ2) is 5.23. The van der Waals surface area contributed by atoms with Crippen molar-refractivity contribution < 1.29 is 9.68 Å². The van der Waals surface area contributed by atoms with Crippen LogP contribution in [-0.2, 0) is 9.68 Å². The van der Waals surface area contributed by atoms with Crippen molar-refractivity contribution in [2.24, 2.45) is 16.2 Å². The van der Waals surface area contributed by atoms with Crippen molar-refractivity contribution >= 4 is 11.5 Å². The van der Waals surface area contributed by atoms with Gasteiger partial charge >= 0.3 is 0 Å². The number of nitrogens with zero attached hydrogens (tertiary/aromatic N) is 3. The van der Waals surface area contributed by atoms with Gasteiger partial charge in [0.25, 0.3) is 0 Å².